The second kappa shape index (κ2) is 8.55. The van der Waals surface area contributed by atoms with E-state index in [0.29, 0.717) is 17.5 Å². The summed E-state index contributed by atoms with van der Waals surface area (Å²) < 4.78 is 79.3. The Kier molecular flexibility index (Phi) is 6.80. The first-order valence-electron chi connectivity index (χ1n) is 9.03. The van der Waals surface area contributed by atoms with Crippen molar-refractivity contribution in [2.45, 2.75) is 44.7 Å². The van der Waals surface area contributed by atoms with Crippen molar-refractivity contribution in [3.63, 3.8) is 0 Å². The first kappa shape index (κ1) is 22.3. The Morgan fingerprint density at radius 3 is 1.46 bits per heavy atom. The largest absolute Gasteiger partial charge is 0.467 e. The minimum Gasteiger partial charge on any atom is -0.155 e. The number of alkyl halides is 6. The molecular weight excluding hydrogens is 380 g/mol. The van der Waals surface area contributed by atoms with Gasteiger partial charge in [0.25, 0.3) is 0 Å². The highest BCUT2D eigenvalue weighted by Crippen LogP contribution is 2.44. The summed E-state index contributed by atoms with van der Waals surface area (Å²) in [6, 6.07) is 17.5. The van der Waals surface area contributed by atoms with Crippen molar-refractivity contribution in [1.82, 2.24) is 4.90 Å². The van der Waals surface area contributed by atoms with E-state index in [-0.39, 0.29) is 6.42 Å². The van der Waals surface area contributed by atoms with Crippen molar-refractivity contribution in [3.05, 3.63) is 71.8 Å². The van der Waals surface area contributed by atoms with Gasteiger partial charge in [-0.2, -0.15) is 26.3 Å². The zero-order chi connectivity index (χ0) is 21.0. The lowest BCUT2D eigenvalue weighted by atomic mass is 9.65. The third-order valence-corrected chi connectivity index (χ3v) is 5.22. The molecule has 2 aromatic rings. The van der Waals surface area contributed by atoms with Crippen LogP contribution >= 0.6 is 0 Å². The first-order valence-corrected chi connectivity index (χ1v) is 9.03. The Hall–Kier alpha value is -2.02. The molecule has 0 saturated carbocycles. The number of nitrogens with zero attached hydrogens (tertiary/aromatic N) is 1. The van der Waals surface area contributed by atoms with Crippen LogP contribution in [0.2, 0.25) is 0 Å². The molecule has 7 heteroatoms. The molecule has 0 fully saturated rings. The second-order valence-electron chi connectivity index (χ2n) is 6.97. The normalized spacial score (nSPS) is 14.3. The zero-order valence-corrected chi connectivity index (χ0v) is 15.7. The fourth-order valence-electron chi connectivity index (χ4n) is 3.69. The lowest BCUT2D eigenvalue weighted by Gasteiger charge is -2.42. The average molecular weight is 403 g/mol. The number of hydrogen-bond donors (Lipinski definition) is 0. The van der Waals surface area contributed by atoms with Crippen LogP contribution in [0.25, 0.3) is 0 Å². The van der Waals surface area contributed by atoms with E-state index in [1.807, 2.05) is 0 Å². The summed E-state index contributed by atoms with van der Waals surface area (Å²) in [7, 11) is 0. The maximum Gasteiger partial charge on any atom is 0.467 e. The molecule has 0 N–H and O–H groups in total. The molecule has 2 aromatic carbocycles. The number of hydrogen-bond acceptors (Lipinski definition) is 1. The van der Waals surface area contributed by atoms with Crippen LogP contribution in [-0.2, 0) is 5.41 Å². The summed E-state index contributed by atoms with van der Waals surface area (Å²) in [5, 5.41) is 0. The van der Waals surface area contributed by atoms with Gasteiger partial charge in [0.05, 0.1) is 0 Å². The quantitative estimate of drug-likeness (QED) is 0.365. The highest BCUT2D eigenvalue weighted by Gasteiger charge is 2.55. The first-order chi connectivity index (χ1) is 13.0. The van der Waals surface area contributed by atoms with Gasteiger partial charge in [0.2, 0.25) is 0 Å². The molecule has 154 valence electrons. The van der Waals surface area contributed by atoms with Crippen LogP contribution in [0.1, 0.15) is 37.8 Å². The minimum atomic E-state index is -5.50. The fraction of sp³-hybridized carbons (Fsp3) is 0.429. The molecule has 0 aromatic heterocycles. The van der Waals surface area contributed by atoms with Crippen LogP contribution in [0.15, 0.2) is 60.7 Å². The summed E-state index contributed by atoms with van der Waals surface area (Å²) in [4.78, 5) is -1.30. The molecule has 2 rings (SSSR count). The van der Waals surface area contributed by atoms with Gasteiger partial charge >= 0.3 is 12.6 Å². The topological polar surface area (TPSA) is 3.24 Å². The van der Waals surface area contributed by atoms with Gasteiger partial charge in [-0.05, 0) is 23.5 Å². The monoisotopic (exact) mass is 403 g/mol. The van der Waals surface area contributed by atoms with Crippen molar-refractivity contribution in [3.8, 4) is 0 Å². The van der Waals surface area contributed by atoms with Crippen LogP contribution < -0.4 is 0 Å². The molecule has 1 atom stereocenters. The van der Waals surface area contributed by atoms with Gasteiger partial charge in [-0.3, -0.25) is 0 Å². The van der Waals surface area contributed by atoms with E-state index in [4.69, 9.17) is 0 Å². The number of halogens is 6. The standard InChI is InChI=1S/C21H23F6N/c1-3-10-18(15-28(20(22,23)24)21(25,26)27)19(2,16-11-6-4-7-12-16)17-13-8-5-9-14-17/h4-9,11-14,18H,3,10,15H2,1-2H3. The molecule has 1 nitrogen and oxygen atoms in total. The molecule has 0 amide bonds. The zero-order valence-electron chi connectivity index (χ0n) is 15.7. The summed E-state index contributed by atoms with van der Waals surface area (Å²) in [6.07, 6.45) is -10.3. The SMILES string of the molecule is CCCC(CN(C(F)(F)F)C(F)(F)F)C(C)(c1ccccc1)c1ccccc1. The van der Waals surface area contributed by atoms with Crippen LogP contribution in [-0.4, -0.2) is 24.0 Å². The van der Waals surface area contributed by atoms with Crippen molar-refractivity contribution >= 4 is 0 Å². The summed E-state index contributed by atoms with van der Waals surface area (Å²) >= 11 is 0. The average Bonchev–Trinajstić information content (AvgIpc) is 2.64. The molecule has 0 saturated heterocycles. The lowest BCUT2D eigenvalue weighted by molar-refractivity contribution is -0.376. The van der Waals surface area contributed by atoms with E-state index >= 15 is 0 Å². The summed E-state index contributed by atoms with van der Waals surface area (Å²) in [6.45, 7) is 2.32. The molecule has 28 heavy (non-hydrogen) atoms. The molecular formula is C21H23F6N. The Balaban J connectivity index is 2.60. The summed E-state index contributed by atoms with van der Waals surface area (Å²) in [5.41, 5.74) is 0.348. The van der Waals surface area contributed by atoms with Crippen LogP contribution in [0, 0.1) is 5.92 Å². The second-order valence-corrected chi connectivity index (χ2v) is 6.97. The molecule has 0 spiro atoms. The molecule has 0 aliphatic carbocycles. The van der Waals surface area contributed by atoms with Crippen molar-refractivity contribution in [2.75, 3.05) is 6.54 Å². The van der Waals surface area contributed by atoms with Crippen molar-refractivity contribution in [1.29, 1.82) is 0 Å². The molecule has 1 unspecified atom stereocenters. The Morgan fingerprint density at radius 2 is 1.14 bits per heavy atom. The fourth-order valence-corrected chi connectivity index (χ4v) is 3.69. The molecule has 0 aliphatic heterocycles. The van der Waals surface area contributed by atoms with Crippen LogP contribution in [0.5, 0.6) is 0 Å². The van der Waals surface area contributed by atoms with Gasteiger partial charge in [0, 0.05) is 12.0 Å². The Bertz CT molecular complexity index is 671. The number of rotatable bonds is 7. The van der Waals surface area contributed by atoms with E-state index in [1.165, 1.54) is 0 Å². The highest BCUT2D eigenvalue weighted by molar-refractivity contribution is 5.39. The van der Waals surface area contributed by atoms with Gasteiger partial charge in [-0.25, -0.2) is 0 Å². The molecule has 0 bridgehead atoms. The number of benzene rings is 2. The molecule has 0 radical (unpaired) electrons. The minimum absolute atomic E-state index is 0.211. The van der Waals surface area contributed by atoms with Crippen LogP contribution in [0.4, 0.5) is 26.3 Å². The predicted octanol–water partition coefficient (Wildman–Crippen LogP) is 6.75. The van der Waals surface area contributed by atoms with E-state index in [9.17, 15) is 26.3 Å². The van der Waals surface area contributed by atoms with Gasteiger partial charge in [0.15, 0.2) is 0 Å². The van der Waals surface area contributed by atoms with Crippen LogP contribution in [0.3, 0.4) is 0 Å². The van der Waals surface area contributed by atoms with Gasteiger partial charge < -0.3 is 0 Å². The maximum atomic E-state index is 13.2. The Morgan fingerprint density at radius 1 is 0.750 bits per heavy atom. The van der Waals surface area contributed by atoms with E-state index in [0.717, 1.165) is 0 Å². The third kappa shape index (κ3) is 4.87. The van der Waals surface area contributed by atoms with E-state index in [1.54, 1.807) is 74.5 Å². The third-order valence-electron chi connectivity index (χ3n) is 5.22. The summed E-state index contributed by atoms with van der Waals surface area (Å²) in [5.74, 6) is -0.912. The van der Waals surface area contributed by atoms with Gasteiger partial charge in [-0.1, -0.05) is 80.9 Å². The van der Waals surface area contributed by atoms with Crippen molar-refractivity contribution in [2.24, 2.45) is 5.92 Å². The molecule has 0 heterocycles. The predicted molar refractivity (Wildman–Crippen MR) is 96.6 cm³/mol. The van der Waals surface area contributed by atoms with Gasteiger partial charge in [-0.15, -0.1) is 4.90 Å². The van der Waals surface area contributed by atoms with Crippen molar-refractivity contribution < 1.29 is 26.3 Å². The van der Waals surface area contributed by atoms with E-state index in [2.05, 4.69) is 0 Å². The Labute approximate surface area is 161 Å². The lowest BCUT2D eigenvalue weighted by Crippen LogP contribution is -2.53. The highest BCUT2D eigenvalue weighted by atomic mass is 19.4. The van der Waals surface area contributed by atoms with E-state index < -0.39 is 35.4 Å². The van der Waals surface area contributed by atoms with Gasteiger partial charge in [0.1, 0.15) is 0 Å². The molecule has 0 aliphatic rings. The smallest absolute Gasteiger partial charge is 0.155 e. The maximum absolute atomic E-state index is 13.2.